The quantitative estimate of drug-likeness (QED) is 0.887. The smallest absolute Gasteiger partial charge is 0.320 e. The molecule has 1 fully saturated rings. The Bertz CT molecular complexity index is 690. The van der Waals surface area contributed by atoms with E-state index in [1.807, 2.05) is 0 Å². The van der Waals surface area contributed by atoms with Gasteiger partial charge in [-0.15, -0.1) is 0 Å². The highest BCUT2D eigenvalue weighted by Crippen LogP contribution is 2.26. The summed E-state index contributed by atoms with van der Waals surface area (Å²) in [6.45, 7) is 0.135. The minimum atomic E-state index is -0.836. The number of ether oxygens (including phenoxy) is 1. The minimum Gasteiger partial charge on any atom is -0.487 e. The van der Waals surface area contributed by atoms with Crippen LogP contribution < -0.4 is 10.1 Å². The van der Waals surface area contributed by atoms with E-state index in [9.17, 15) is 9.18 Å². The van der Waals surface area contributed by atoms with Gasteiger partial charge in [-0.1, -0.05) is 18.2 Å². The van der Waals surface area contributed by atoms with Gasteiger partial charge in [-0.05, 0) is 31.0 Å². The largest absolute Gasteiger partial charge is 0.487 e. The fraction of sp³-hybridized carbons (Fsp3) is 0.294. The van der Waals surface area contributed by atoms with Gasteiger partial charge in [0.15, 0.2) is 0 Å². The average molecular weight is 316 g/mol. The van der Waals surface area contributed by atoms with Crippen LogP contribution in [0.4, 0.5) is 4.39 Å². The first-order valence-electron chi connectivity index (χ1n) is 7.44. The molecule has 3 rings (SSSR count). The van der Waals surface area contributed by atoms with E-state index in [1.165, 1.54) is 6.07 Å². The van der Waals surface area contributed by atoms with Crippen molar-refractivity contribution in [3.8, 4) is 5.75 Å². The number of nitrogens with one attached hydrogen (secondary N) is 1. The summed E-state index contributed by atoms with van der Waals surface area (Å²) in [5, 5.41) is 12.0. The van der Waals surface area contributed by atoms with Crippen molar-refractivity contribution >= 4 is 5.97 Å². The van der Waals surface area contributed by atoms with Crippen LogP contribution in [0.15, 0.2) is 42.6 Å². The highest BCUT2D eigenvalue weighted by atomic mass is 19.1. The number of aromatic nitrogens is 1. The lowest BCUT2D eigenvalue weighted by Crippen LogP contribution is -2.32. The van der Waals surface area contributed by atoms with Crippen molar-refractivity contribution in [1.29, 1.82) is 0 Å². The Morgan fingerprint density at radius 3 is 2.78 bits per heavy atom. The van der Waals surface area contributed by atoms with Crippen LogP contribution in [0, 0.1) is 5.82 Å². The van der Waals surface area contributed by atoms with Gasteiger partial charge >= 0.3 is 5.97 Å². The molecule has 1 aromatic carbocycles. The molecule has 23 heavy (non-hydrogen) atoms. The van der Waals surface area contributed by atoms with E-state index in [-0.39, 0.29) is 18.5 Å². The molecule has 0 aliphatic carbocycles. The van der Waals surface area contributed by atoms with E-state index in [4.69, 9.17) is 9.84 Å². The highest BCUT2D eigenvalue weighted by Gasteiger charge is 2.30. The number of hydrogen-bond acceptors (Lipinski definition) is 4. The number of rotatable bonds is 5. The van der Waals surface area contributed by atoms with Crippen molar-refractivity contribution in [3.63, 3.8) is 0 Å². The van der Waals surface area contributed by atoms with Crippen molar-refractivity contribution in [2.45, 2.75) is 31.5 Å². The van der Waals surface area contributed by atoms with Gasteiger partial charge in [-0.2, -0.15) is 0 Å². The van der Waals surface area contributed by atoms with Crippen LogP contribution in [0.3, 0.4) is 0 Å². The molecule has 5 nitrogen and oxygen atoms in total. The number of carbonyl (C=O) groups is 1. The Hall–Kier alpha value is -2.47. The van der Waals surface area contributed by atoms with Crippen LogP contribution in [0.1, 0.15) is 30.1 Å². The lowest BCUT2D eigenvalue weighted by atomic mass is 10.1. The molecule has 0 bridgehead atoms. The fourth-order valence-corrected chi connectivity index (χ4v) is 2.63. The summed E-state index contributed by atoms with van der Waals surface area (Å²) in [6, 6.07) is 9.45. The van der Waals surface area contributed by atoms with Gasteiger partial charge in [0.05, 0.1) is 17.9 Å². The normalized spacial score (nSPS) is 20.4. The molecule has 1 aliphatic heterocycles. The SMILES string of the molecule is O=C(O)[C@@H]1CC[C@H](c2ccc(OCc3ccccc3F)cn2)N1. The number of halogens is 1. The molecule has 0 radical (unpaired) electrons. The molecule has 0 amide bonds. The second kappa shape index (κ2) is 6.75. The summed E-state index contributed by atoms with van der Waals surface area (Å²) in [7, 11) is 0. The minimum absolute atomic E-state index is 0.0586. The molecule has 0 unspecified atom stereocenters. The van der Waals surface area contributed by atoms with E-state index in [0.29, 0.717) is 17.7 Å². The summed E-state index contributed by atoms with van der Waals surface area (Å²) in [6.07, 6.45) is 2.90. The van der Waals surface area contributed by atoms with Gasteiger partial charge in [0.2, 0.25) is 0 Å². The van der Waals surface area contributed by atoms with Crippen molar-refractivity contribution in [1.82, 2.24) is 10.3 Å². The van der Waals surface area contributed by atoms with Crippen molar-refractivity contribution < 1.29 is 19.0 Å². The molecule has 2 N–H and O–H groups in total. The van der Waals surface area contributed by atoms with Gasteiger partial charge < -0.3 is 9.84 Å². The van der Waals surface area contributed by atoms with Crippen molar-refractivity contribution in [2.24, 2.45) is 0 Å². The lowest BCUT2D eigenvalue weighted by Gasteiger charge is -2.12. The predicted molar refractivity (Wildman–Crippen MR) is 81.5 cm³/mol. The lowest BCUT2D eigenvalue weighted by molar-refractivity contribution is -0.139. The molecule has 0 saturated carbocycles. The maximum absolute atomic E-state index is 13.5. The van der Waals surface area contributed by atoms with E-state index in [1.54, 1.807) is 36.5 Å². The van der Waals surface area contributed by atoms with E-state index >= 15 is 0 Å². The van der Waals surface area contributed by atoms with E-state index in [0.717, 1.165) is 12.1 Å². The summed E-state index contributed by atoms with van der Waals surface area (Å²) in [5.41, 5.74) is 1.27. The molecule has 0 spiro atoms. The molecule has 120 valence electrons. The third kappa shape index (κ3) is 3.65. The molecule has 1 aromatic heterocycles. The molecule has 1 saturated heterocycles. The number of hydrogen-bond donors (Lipinski definition) is 2. The van der Waals surface area contributed by atoms with Gasteiger partial charge in [0, 0.05) is 5.56 Å². The molecule has 2 aromatic rings. The summed E-state index contributed by atoms with van der Waals surface area (Å²) in [4.78, 5) is 15.3. The molecule has 6 heteroatoms. The number of aliphatic carboxylic acids is 1. The topological polar surface area (TPSA) is 71.5 Å². The predicted octanol–water partition coefficient (Wildman–Crippen LogP) is 2.68. The van der Waals surface area contributed by atoms with Crippen LogP contribution in [0.2, 0.25) is 0 Å². The summed E-state index contributed by atoms with van der Waals surface area (Å²) >= 11 is 0. The third-order valence-electron chi connectivity index (χ3n) is 3.91. The van der Waals surface area contributed by atoms with Crippen LogP contribution >= 0.6 is 0 Å². The Kier molecular flexibility index (Phi) is 4.52. The fourth-order valence-electron chi connectivity index (χ4n) is 2.63. The van der Waals surface area contributed by atoms with Crippen LogP contribution in [0.25, 0.3) is 0 Å². The van der Waals surface area contributed by atoms with Crippen LogP contribution in [-0.4, -0.2) is 22.1 Å². The molecule has 1 aliphatic rings. The van der Waals surface area contributed by atoms with Gasteiger partial charge in [0.25, 0.3) is 0 Å². The average Bonchev–Trinajstić information content (AvgIpc) is 3.05. The van der Waals surface area contributed by atoms with Gasteiger partial charge in [-0.3, -0.25) is 15.1 Å². The first-order chi connectivity index (χ1) is 11.1. The van der Waals surface area contributed by atoms with Crippen molar-refractivity contribution in [3.05, 3.63) is 59.7 Å². The van der Waals surface area contributed by atoms with Gasteiger partial charge in [0.1, 0.15) is 24.2 Å². The van der Waals surface area contributed by atoms with E-state index < -0.39 is 12.0 Å². The van der Waals surface area contributed by atoms with Crippen molar-refractivity contribution in [2.75, 3.05) is 0 Å². The highest BCUT2D eigenvalue weighted by molar-refractivity contribution is 5.73. The monoisotopic (exact) mass is 316 g/mol. The maximum Gasteiger partial charge on any atom is 0.320 e. The Labute approximate surface area is 133 Å². The zero-order valence-corrected chi connectivity index (χ0v) is 12.4. The number of nitrogens with zero attached hydrogens (tertiary/aromatic N) is 1. The Balaban J connectivity index is 1.59. The number of pyridine rings is 1. The van der Waals surface area contributed by atoms with E-state index in [2.05, 4.69) is 10.3 Å². The molecular formula is C17H17FN2O3. The number of benzene rings is 1. The standard InChI is InChI=1S/C17H17FN2O3/c18-13-4-2-1-3-11(13)10-23-12-5-6-14(19-9-12)15-7-8-16(20-15)17(21)22/h1-6,9,15-16,20H,7-8,10H2,(H,21,22)/t15-,16+/m1/s1. The van der Waals surface area contributed by atoms with Crippen LogP contribution in [0.5, 0.6) is 5.75 Å². The summed E-state index contributed by atoms with van der Waals surface area (Å²) < 4.78 is 19.0. The first kappa shape index (κ1) is 15.4. The first-order valence-corrected chi connectivity index (χ1v) is 7.44. The number of carboxylic acids is 1. The summed E-state index contributed by atoms with van der Waals surface area (Å²) in [5.74, 6) is -0.589. The van der Waals surface area contributed by atoms with Gasteiger partial charge in [-0.25, -0.2) is 4.39 Å². The number of carboxylic acid groups (broad SMARTS) is 1. The molecule has 2 heterocycles. The molecular weight excluding hydrogens is 299 g/mol. The third-order valence-corrected chi connectivity index (χ3v) is 3.91. The zero-order valence-electron chi connectivity index (χ0n) is 12.4. The second-order valence-corrected chi connectivity index (χ2v) is 5.49. The zero-order chi connectivity index (χ0) is 16.2. The molecule has 2 atom stereocenters. The maximum atomic E-state index is 13.5. The second-order valence-electron chi connectivity index (χ2n) is 5.49. The Morgan fingerprint density at radius 2 is 2.13 bits per heavy atom. The van der Waals surface area contributed by atoms with Crippen LogP contribution in [-0.2, 0) is 11.4 Å². The Morgan fingerprint density at radius 1 is 1.30 bits per heavy atom.